The first-order valence-corrected chi connectivity index (χ1v) is 37.7. The van der Waals surface area contributed by atoms with Gasteiger partial charge in [0.05, 0.1) is 12.2 Å². The largest absolute Gasteiger partial charge is 0.463 e. The van der Waals surface area contributed by atoms with Crippen LogP contribution in [0.3, 0.4) is 0 Å². The van der Waals surface area contributed by atoms with Gasteiger partial charge < -0.3 is 138 Å². The average molecular weight is 1740 g/mol. The van der Waals surface area contributed by atoms with Crippen LogP contribution in [0.4, 0.5) is 0 Å². The van der Waals surface area contributed by atoms with Crippen LogP contribution >= 0.6 is 0 Å². The van der Waals surface area contributed by atoms with Crippen molar-refractivity contribution in [1.82, 2.24) is 5.32 Å². The fourth-order valence-corrected chi connectivity index (χ4v) is 13.2. The van der Waals surface area contributed by atoms with Gasteiger partial charge in [0.2, 0.25) is 5.91 Å². The van der Waals surface area contributed by atoms with Crippen molar-refractivity contribution >= 4 is 107 Å². The van der Waals surface area contributed by atoms with Gasteiger partial charge in [-0.1, -0.05) is 0 Å². The summed E-state index contributed by atoms with van der Waals surface area (Å²) in [6, 6.07) is -2.18. The van der Waals surface area contributed by atoms with Crippen LogP contribution in [0.1, 0.15) is 145 Å². The summed E-state index contributed by atoms with van der Waals surface area (Å²) in [4.78, 5) is 237. The minimum absolute atomic E-state index is 0.673. The average Bonchev–Trinajstić information content (AvgIpc) is 0.758. The van der Waals surface area contributed by atoms with Crippen LogP contribution in [-0.2, 0) is 219 Å². The lowest BCUT2D eigenvalue weighted by molar-refractivity contribution is -0.388. The van der Waals surface area contributed by atoms with Crippen LogP contribution in [-0.4, -0.2) is 325 Å². The van der Waals surface area contributed by atoms with Crippen molar-refractivity contribution in [1.29, 1.82) is 0 Å². The lowest BCUT2D eigenvalue weighted by Gasteiger charge is -2.52. The van der Waals surface area contributed by atoms with E-state index in [1.807, 2.05) is 0 Å². The molecular weight excluding hydrogens is 1640 g/mol. The van der Waals surface area contributed by atoms with Crippen molar-refractivity contribution in [3.63, 3.8) is 0 Å². The number of hydrogen-bond donors (Lipinski definition) is 1. The molecule has 0 radical (unpaired) electrons. The Hall–Kier alpha value is -9.98. The minimum Gasteiger partial charge on any atom is -0.463 e. The van der Waals surface area contributed by atoms with E-state index in [4.69, 9.17) is 133 Å². The molecule has 47 heteroatoms. The molecule has 5 rings (SSSR count). The second-order valence-electron chi connectivity index (χ2n) is 27.9. The number of hydrogen-bond acceptors (Lipinski definition) is 46. The molecule has 5 aliphatic rings. The molecule has 0 aromatic heterocycles. The highest BCUT2D eigenvalue weighted by atomic mass is 16.8. The SMILES string of the molecule is CC(=O)N[C@H]1C(O[C@@H]2OC(COC(C)=O)[C@H](OC(C)=O)C(OC(C)=O)[C@@H]2O[C@@H]2OC(C)C(OC(C)=O)[C@H](OC(C)=O)[C@@H]2OC(C)=O)[C@@H](OC(C)=O)C(COC(C)=O)O[C@H]1O[C@@H]1C(OC(C)=O)[C@@H](O[C@H](COC(C)=O)C(COC(C)=O)O[C@@H](O[C@@H]2C(COC(C)=O)O[C@@H](C)C(OC(C)=O)[C@H]2OC(C)=O)[C@H](C)OC(C)=O)OC(COC(C)=O)[C@@H]1OC(C)=O. The number of ether oxygens (including phenoxy) is 28. The number of carbonyl (C=O) groups is 18. The smallest absolute Gasteiger partial charge is 0.303 e. The third-order valence-corrected chi connectivity index (χ3v) is 17.5. The summed E-state index contributed by atoms with van der Waals surface area (Å²) < 4.78 is 168. The first-order chi connectivity index (χ1) is 56.5. The summed E-state index contributed by atoms with van der Waals surface area (Å²) >= 11 is 0. The monoisotopic (exact) mass is 1740 g/mol. The third-order valence-electron chi connectivity index (χ3n) is 17.5. The second-order valence-corrected chi connectivity index (χ2v) is 27.9. The number of carbonyl (C=O) groups excluding carboxylic acids is 18. The number of amides is 1. The molecule has 5 fully saturated rings. The van der Waals surface area contributed by atoms with Crippen LogP contribution in [0.5, 0.6) is 0 Å². The summed E-state index contributed by atoms with van der Waals surface area (Å²) in [6.45, 7) is 15.0. The van der Waals surface area contributed by atoms with Gasteiger partial charge in [-0.2, -0.15) is 0 Å². The van der Waals surface area contributed by atoms with E-state index in [1.165, 1.54) is 20.8 Å². The molecule has 0 aromatic rings. The summed E-state index contributed by atoms with van der Waals surface area (Å²) in [6.07, 6.45) is -55.2. The van der Waals surface area contributed by atoms with Gasteiger partial charge in [0, 0.05) is 125 Å². The van der Waals surface area contributed by atoms with E-state index >= 15 is 0 Å². The highest BCUT2D eigenvalue weighted by molar-refractivity contribution is 5.74. The molecule has 0 saturated carbocycles. The molecule has 5 saturated heterocycles. The van der Waals surface area contributed by atoms with Crippen LogP contribution in [0.25, 0.3) is 0 Å². The maximum absolute atomic E-state index is 14.2. The van der Waals surface area contributed by atoms with Crippen molar-refractivity contribution in [2.75, 3.05) is 39.6 Å². The molecule has 0 aliphatic carbocycles. The Balaban J connectivity index is 1.89. The molecule has 682 valence electrons. The Morgan fingerprint density at radius 3 is 0.967 bits per heavy atom. The van der Waals surface area contributed by atoms with Gasteiger partial charge in [0.15, 0.2) is 98.6 Å². The molecule has 5 heterocycles. The molecule has 0 aromatic carbocycles. The molecule has 121 heavy (non-hydrogen) atoms. The number of esters is 17. The lowest BCUT2D eigenvalue weighted by Crippen LogP contribution is -2.71. The van der Waals surface area contributed by atoms with Gasteiger partial charge >= 0.3 is 101 Å². The van der Waals surface area contributed by atoms with Gasteiger partial charge in [-0.25, -0.2) is 0 Å². The predicted molar refractivity (Wildman–Crippen MR) is 382 cm³/mol. The molecular formula is C74H105NO46. The summed E-state index contributed by atoms with van der Waals surface area (Å²) in [5, 5.41) is 2.55. The van der Waals surface area contributed by atoms with E-state index < -0.39 is 325 Å². The Morgan fingerprint density at radius 2 is 0.570 bits per heavy atom. The zero-order valence-electron chi connectivity index (χ0n) is 70.3. The van der Waals surface area contributed by atoms with Crippen LogP contribution in [0.2, 0.25) is 0 Å². The van der Waals surface area contributed by atoms with Crippen LogP contribution in [0.15, 0.2) is 0 Å². The van der Waals surface area contributed by atoms with E-state index in [0.29, 0.717) is 0 Å². The summed E-state index contributed by atoms with van der Waals surface area (Å²) in [5.74, 6) is -19.1. The van der Waals surface area contributed by atoms with E-state index in [1.54, 1.807) is 0 Å². The van der Waals surface area contributed by atoms with Gasteiger partial charge in [0.1, 0.15) is 107 Å². The predicted octanol–water partition coefficient (Wildman–Crippen LogP) is -1.52. The quantitative estimate of drug-likeness (QED) is 0.0417. The second kappa shape index (κ2) is 47.4. The Bertz CT molecular complexity index is 3660. The highest BCUT2D eigenvalue weighted by Crippen LogP contribution is 2.41. The van der Waals surface area contributed by atoms with Crippen molar-refractivity contribution in [3.05, 3.63) is 0 Å². The van der Waals surface area contributed by atoms with Crippen LogP contribution in [0, 0.1) is 0 Å². The molecule has 0 spiro atoms. The van der Waals surface area contributed by atoms with Crippen molar-refractivity contribution < 1.29 is 219 Å². The molecule has 47 nitrogen and oxygen atoms in total. The van der Waals surface area contributed by atoms with E-state index in [0.717, 1.165) is 125 Å². The Kier molecular flexibility index (Phi) is 39.8. The number of nitrogens with one attached hydrogen (secondary N) is 1. The van der Waals surface area contributed by atoms with Crippen molar-refractivity contribution in [2.24, 2.45) is 0 Å². The van der Waals surface area contributed by atoms with Gasteiger partial charge in [-0.05, 0) is 20.8 Å². The molecule has 0 bridgehead atoms. The zero-order valence-corrected chi connectivity index (χ0v) is 70.3. The van der Waals surface area contributed by atoms with E-state index in [2.05, 4.69) is 5.32 Å². The van der Waals surface area contributed by atoms with Gasteiger partial charge in [-0.3, -0.25) is 86.3 Å². The zero-order chi connectivity index (χ0) is 90.9. The summed E-state index contributed by atoms with van der Waals surface area (Å²) in [5.41, 5.74) is 0. The molecule has 11 unspecified atom stereocenters. The van der Waals surface area contributed by atoms with Gasteiger partial charge in [0.25, 0.3) is 0 Å². The van der Waals surface area contributed by atoms with E-state index in [9.17, 15) is 86.3 Å². The summed E-state index contributed by atoms with van der Waals surface area (Å²) in [7, 11) is 0. The maximum Gasteiger partial charge on any atom is 0.303 e. The molecule has 29 atom stereocenters. The van der Waals surface area contributed by atoms with Crippen molar-refractivity contribution in [3.8, 4) is 0 Å². The Labute approximate surface area is 692 Å². The molecule has 5 aliphatic heterocycles. The fraction of sp³-hybridized carbons (Fsp3) is 0.757. The van der Waals surface area contributed by atoms with Gasteiger partial charge in [-0.15, -0.1) is 0 Å². The standard InChI is InChI=1S/C74H105NO46/c1-28-56(103-39(12)84)63(108-44(17)89)61(51(101-28)24-96-34(7)79)118-70(30(3)100-38(11)83)113-49(22-94-32(5)77)50(23-95-33(6)78)114-73-68(112-48(21)93)66(60(107-43(16)88)54(116-73)27-99-37(10)82)120-71-55(75-31(4)76)62(58(105-41(14)86)52(115-71)25-97-35(8)80)119-74-69(65(110-46(19)91)59(106-42(15)87)53(117-74)26-98-36(9)81)121-72-67(111-47(20)92)64(109-45(18)90)57(29(2)102-72)104-40(13)85/h28-30,49-74H,22-27H2,1-21H3,(H,75,76)/t28-,29?,30-,49?,50+,51?,52?,53?,54?,55-,56?,57?,58-,59-,60-,61+,62?,63+,64-,65?,66-,67-,68?,69-,70-,71-,72-,73-,74-/m0/s1. The first kappa shape index (κ1) is 102. The highest BCUT2D eigenvalue weighted by Gasteiger charge is 2.62. The topological polar surface area (TPSA) is 578 Å². The third kappa shape index (κ3) is 32.1. The first-order valence-electron chi connectivity index (χ1n) is 37.7. The van der Waals surface area contributed by atoms with Crippen LogP contribution < -0.4 is 5.32 Å². The molecule has 1 amide bonds. The lowest BCUT2D eigenvalue weighted by atomic mass is 9.93. The fourth-order valence-electron chi connectivity index (χ4n) is 13.2. The molecule has 1 N–H and O–H groups in total. The minimum atomic E-state index is -2.41. The Morgan fingerprint density at radius 1 is 0.273 bits per heavy atom. The maximum atomic E-state index is 14.2. The van der Waals surface area contributed by atoms with E-state index in [-0.39, 0.29) is 0 Å². The number of rotatable bonds is 38. The van der Waals surface area contributed by atoms with Crippen molar-refractivity contribution in [2.45, 2.75) is 323 Å². The normalized spacial score (nSPS) is 31.0.